The van der Waals surface area contributed by atoms with Crippen LogP contribution < -0.4 is 5.32 Å². The maximum Gasteiger partial charge on any atom is 0.404 e. The number of hydrogen-bond acceptors (Lipinski definition) is 2. The van der Waals surface area contributed by atoms with Crippen molar-refractivity contribution in [3.63, 3.8) is 0 Å². The molecule has 14 heavy (non-hydrogen) atoms. The average molecular weight is 207 g/mol. The Hall–Kier alpha value is -0.970. The Morgan fingerprint density at radius 1 is 1.50 bits per heavy atom. The molecule has 0 spiro atoms. The summed E-state index contributed by atoms with van der Waals surface area (Å²) in [7, 11) is 0. The molecule has 1 aromatic rings. The third-order valence-electron chi connectivity index (χ3n) is 1.83. The third-order valence-corrected chi connectivity index (χ3v) is 1.83. The van der Waals surface area contributed by atoms with Crippen molar-refractivity contribution in [2.45, 2.75) is 25.6 Å². The maximum absolute atomic E-state index is 12.4. The van der Waals surface area contributed by atoms with E-state index in [-0.39, 0.29) is 13.0 Å². The topological polar surface area (TPSA) is 25.2 Å². The van der Waals surface area contributed by atoms with Crippen molar-refractivity contribution in [2.24, 2.45) is 0 Å². The van der Waals surface area contributed by atoms with Gasteiger partial charge in [0.2, 0.25) is 0 Å². The van der Waals surface area contributed by atoms with E-state index in [9.17, 15) is 13.2 Å². The van der Waals surface area contributed by atoms with E-state index in [1.807, 2.05) is 0 Å². The van der Waals surface area contributed by atoms with Crippen molar-refractivity contribution in [1.82, 2.24) is 5.32 Å². The van der Waals surface area contributed by atoms with E-state index in [0.29, 0.717) is 5.76 Å². The normalized spacial score (nSPS) is 14.3. The molecule has 1 N–H and O–H groups in total. The first-order chi connectivity index (χ1) is 6.54. The standard InChI is InChI=1S/C9H12F3NO/c1-2-13-8(9(10,11)12)6-7-4-3-5-14-7/h3-5,8,13H,2,6H2,1H3. The molecule has 2 nitrogen and oxygen atoms in total. The highest BCUT2D eigenvalue weighted by Gasteiger charge is 2.39. The minimum atomic E-state index is -4.23. The number of rotatable bonds is 4. The molecule has 0 aliphatic carbocycles. The van der Waals surface area contributed by atoms with E-state index < -0.39 is 12.2 Å². The number of alkyl halides is 3. The summed E-state index contributed by atoms with van der Waals surface area (Å²) in [4.78, 5) is 0. The van der Waals surface area contributed by atoms with Crippen molar-refractivity contribution < 1.29 is 17.6 Å². The van der Waals surface area contributed by atoms with E-state index in [1.54, 1.807) is 13.0 Å². The van der Waals surface area contributed by atoms with Crippen molar-refractivity contribution in [3.8, 4) is 0 Å². The number of nitrogens with one attached hydrogen (secondary N) is 1. The van der Waals surface area contributed by atoms with Gasteiger partial charge in [0.25, 0.3) is 0 Å². The van der Waals surface area contributed by atoms with Crippen LogP contribution in [0.2, 0.25) is 0 Å². The molecule has 80 valence electrons. The highest BCUT2D eigenvalue weighted by Crippen LogP contribution is 2.23. The van der Waals surface area contributed by atoms with E-state index >= 15 is 0 Å². The largest absolute Gasteiger partial charge is 0.469 e. The van der Waals surface area contributed by atoms with E-state index in [1.165, 1.54) is 12.3 Å². The molecular formula is C9H12F3NO. The molecule has 0 bridgehead atoms. The van der Waals surface area contributed by atoms with Crippen LogP contribution in [0.1, 0.15) is 12.7 Å². The third kappa shape index (κ3) is 3.06. The highest BCUT2D eigenvalue weighted by atomic mass is 19.4. The van der Waals surface area contributed by atoms with Crippen LogP contribution in [0.15, 0.2) is 22.8 Å². The first-order valence-electron chi connectivity index (χ1n) is 4.36. The zero-order chi connectivity index (χ0) is 10.6. The van der Waals surface area contributed by atoms with Crippen molar-refractivity contribution >= 4 is 0 Å². The van der Waals surface area contributed by atoms with Crippen LogP contribution in [0, 0.1) is 0 Å². The molecule has 1 unspecified atom stereocenters. The Bertz CT molecular complexity index is 256. The second-order valence-electron chi connectivity index (χ2n) is 2.94. The molecule has 1 rings (SSSR count). The number of hydrogen-bond donors (Lipinski definition) is 1. The average Bonchev–Trinajstić information content (AvgIpc) is 2.54. The first-order valence-corrected chi connectivity index (χ1v) is 4.36. The molecule has 0 radical (unpaired) electrons. The lowest BCUT2D eigenvalue weighted by Gasteiger charge is -2.19. The Morgan fingerprint density at radius 2 is 2.21 bits per heavy atom. The lowest BCUT2D eigenvalue weighted by Crippen LogP contribution is -2.43. The van der Waals surface area contributed by atoms with Gasteiger partial charge in [-0.1, -0.05) is 6.92 Å². The molecular weight excluding hydrogens is 195 g/mol. The van der Waals surface area contributed by atoms with Crippen LogP contribution >= 0.6 is 0 Å². The summed E-state index contributed by atoms with van der Waals surface area (Å²) >= 11 is 0. The Labute approximate surface area is 80.1 Å². The molecule has 1 heterocycles. The molecule has 0 aliphatic rings. The van der Waals surface area contributed by atoms with Crippen molar-refractivity contribution in [3.05, 3.63) is 24.2 Å². The van der Waals surface area contributed by atoms with Crippen LogP contribution in [0.4, 0.5) is 13.2 Å². The fourth-order valence-corrected chi connectivity index (χ4v) is 1.18. The van der Waals surface area contributed by atoms with Crippen LogP contribution in [-0.2, 0) is 6.42 Å². The van der Waals surface area contributed by atoms with Crippen LogP contribution in [0.25, 0.3) is 0 Å². The summed E-state index contributed by atoms with van der Waals surface area (Å²) in [5, 5.41) is 2.38. The Kier molecular flexibility index (Phi) is 3.57. The maximum atomic E-state index is 12.4. The quantitative estimate of drug-likeness (QED) is 0.819. The molecule has 0 saturated carbocycles. The van der Waals surface area contributed by atoms with Gasteiger partial charge in [0, 0.05) is 6.42 Å². The number of likely N-dealkylation sites (N-methyl/N-ethyl adjacent to an activating group) is 1. The van der Waals surface area contributed by atoms with E-state index in [0.717, 1.165) is 0 Å². The Morgan fingerprint density at radius 3 is 2.64 bits per heavy atom. The summed E-state index contributed by atoms with van der Waals surface area (Å²) < 4.78 is 42.0. The molecule has 1 aromatic heterocycles. The second kappa shape index (κ2) is 4.50. The summed E-state index contributed by atoms with van der Waals surface area (Å²) in [6.07, 6.45) is -3.03. The zero-order valence-corrected chi connectivity index (χ0v) is 7.77. The minimum absolute atomic E-state index is 0.162. The number of halogens is 3. The van der Waals surface area contributed by atoms with Gasteiger partial charge in [0.1, 0.15) is 11.8 Å². The summed E-state index contributed by atoms with van der Waals surface area (Å²) in [6.45, 7) is 1.92. The Balaban J connectivity index is 2.60. The summed E-state index contributed by atoms with van der Waals surface area (Å²) in [5.74, 6) is 0.341. The van der Waals surface area contributed by atoms with Gasteiger partial charge < -0.3 is 9.73 Å². The van der Waals surface area contributed by atoms with Gasteiger partial charge in [-0.05, 0) is 18.7 Å². The van der Waals surface area contributed by atoms with Crippen LogP contribution in [0.5, 0.6) is 0 Å². The van der Waals surface area contributed by atoms with Crippen molar-refractivity contribution in [2.75, 3.05) is 6.54 Å². The lowest BCUT2D eigenvalue weighted by molar-refractivity contribution is -0.155. The molecule has 0 saturated heterocycles. The first kappa shape index (κ1) is 11.1. The van der Waals surface area contributed by atoms with Gasteiger partial charge >= 0.3 is 6.18 Å². The lowest BCUT2D eigenvalue weighted by atomic mass is 10.1. The van der Waals surface area contributed by atoms with Crippen LogP contribution in [0.3, 0.4) is 0 Å². The van der Waals surface area contributed by atoms with Gasteiger partial charge in [0.05, 0.1) is 6.26 Å². The summed E-state index contributed by atoms with van der Waals surface area (Å²) in [5.41, 5.74) is 0. The SMILES string of the molecule is CCNC(Cc1ccco1)C(F)(F)F. The zero-order valence-electron chi connectivity index (χ0n) is 7.77. The molecule has 0 aliphatic heterocycles. The minimum Gasteiger partial charge on any atom is -0.469 e. The van der Waals surface area contributed by atoms with Gasteiger partial charge in [-0.25, -0.2) is 0 Å². The molecule has 0 aromatic carbocycles. The fourth-order valence-electron chi connectivity index (χ4n) is 1.18. The fraction of sp³-hybridized carbons (Fsp3) is 0.556. The van der Waals surface area contributed by atoms with Gasteiger partial charge in [-0.2, -0.15) is 13.2 Å². The van der Waals surface area contributed by atoms with Crippen molar-refractivity contribution in [1.29, 1.82) is 0 Å². The van der Waals surface area contributed by atoms with E-state index in [4.69, 9.17) is 4.42 Å². The van der Waals surface area contributed by atoms with Gasteiger partial charge in [-0.15, -0.1) is 0 Å². The van der Waals surface area contributed by atoms with Crippen LogP contribution in [-0.4, -0.2) is 18.8 Å². The molecule has 0 amide bonds. The number of furan rings is 1. The van der Waals surface area contributed by atoms with Gasteiger partial charge in [-0.3, -0.25) is 0 Å². The molecule has 1 atom stereocenters. The molecule has 0 fully saturated rings. The smallest absolute Gasteiger partial charge is 0.404 e. The predicted octanol–water partition coefficient (Wildman–Crippen LogP) is 2.36. The second-order valence-corrected chi connectivity index (χ2v) is 2.94. The molecule has 5 heteroatoms. The monoisotopic (exact) mass is 207 g/mol. The summed E-state index contributed by atoms with van der Waals surface area (Å²) in [6, 6.07) is 1.59. The predicted molar refractivity (Wildman–Crippen MR) is 45.9 cm³/mol. The van der Waals surface area contributed by atoms with Gasteiger partial charge in [0.15, 0.2) is 0 Å². The highest BCUT2D eigenvalue weighted by molar-refractivity contribution is 5.01. The van der Waals surface area contributed by atoms with E-state index in [2.05, 4.69) is 5.32 Å².